The van der Waals surface area contributed by atoms with Gasteiger partial charge < -0.3 is 10.1 Å². The van der Waals surface area contributed by atoms with E-state index in [2.05, 4.69) is 30.4 Å². The monoisotopic (exact) mass is 281 g/mol. The molecule has 0 bridgehead atoms. The molecule has 1 saturated heterocycles. The molecule has 2 rings (SSSR count). The van der Waals surface area contributed by atoms with Crippen molar-refractivity contribution in [3.63, 3.8) is 0 Å². The first-order valence-corrected chi connectivity index (χ1v) is 8.33. The predicted molar refractivity (Wildman–Crippen MR) is 79.7 cm³/mol. The first-order valence-electron chi connectivity index (χ1n) is 6.84. The van der Waals surface area contributed by atoms with E-state index in [-0.39, 0.29) is 0 Å². The van der Waals surface area contributed by atoms with Gasteiger partial charge in [-0.15, -0.1) is 0 Å². The van der Waals surface area contributed by atoms with Crippen LogP contribution in [0.5, 0.6) is 0 Å². The Morgan fingerprint density at radius 1 is 1.53 bits per heavy atom. The molecule has 19 heavy (non-hydrogen) atoms. The summed E-state index contributed by atoms with van der Waals surface area (Å²) in [6.45, 7) is 3.71. The molecule has 0 amide bonds. The molecule has 106 valence electrons. The minimum absolute atomic E-state index is 0.299. The van der Waals surface area contributed by atoms with Gasteiger partial charge in [0.2, 0.25) is 0 Å². The molecule has 3 atom stereocenters. The van der Waals surface area contributed by atoms with Crippen molar-refractivity contribution in [3.05, 3.63) is 35.4 Å². The van der Waals surface area contributed by atoms with Crippen molar-refractivity contribution in [2.75, 3.05) is 26.0 Å². The first-order chi connectivity index (χ1) is 9.19. The fourth-order valence-electron chi connectivity index (χ4n) is 2.57. The molecule has 0 aromatic heterocycles. The van der Waals surface area contributed by atoms with E-state index in [1.165, 1.54) is 5.56 Å². The van der Waals surface area contributed by atoms with Crippen molar-refractivity contribution >= 4 is 10.8 Å². The molecule has 1 aromatic rings. The molecule has 0 radical (unpaired) electrons. The maximum atomic E-state index is 12.3. The molecular formula is C15H23NO2S. The number of benzene rings is 1. The predicted octanol–water partition coefficient (Wildman–Crippen LogP) is 1.87. The molecule has 3 nitrogen and oxygen atoms in total. The standard InChI is InChI=1S/C15H23NO2S/c1-12-4-3-5-13(8-12)10-19(17)11-15(16-2)14-6-7-18-9-14/h3-5,8,14-16H,6-7,9-11H2,1-2H3. The largest absolute Gasteiger partial charge is 0.381 e. The van der Waals surface area contributed by atoms with Gasteiger partial charge in [-0.25, -0.2) is 0 Å². The second-order valence-electron chi connectivity index (χ2n) is 5.26. The maximum absolute atomic E-state index is 12.3. The third kappa shape index (κ3) is 4.41. The lowest BCUT2D eigenvalue weighted by atomic mass is 10.0. The van der Waals surface area contributed by atoms with E-state index in [4.69, 9.17) is 4.74 Å². The van der Waals surface area contributed by atoms with Crippen LogP contribution in [0, 0.1) is 12.8 Å². The Hall–Kier alpha value is -0.710. The fraction of sp³-hybridized carbons (Fsp3) is 0.600. The molecule has 0 spiro atoms. The van der Waals surface area contributed by atoms with E-state index < -0.39 is 10.8 Å². The third-order valence-corrected chi connectivity index (χ3v) is 5.07. The third-order valence-electron chi connectivity index (χ3n) is 3.68. The van der Waals surface area contributed by atoms with Crippen LogP contribution in [0.1, 0.15) is 17.5 Å². The quantitative estimate of drug-likeness (QED) is 0.865. The second-order valence-corrected chi connectivity index (χ2v) is 6.76. The Kier molecular flexibility index (Phi) is 5.55. The van der Waals surface area contributed by atoms with Crippen molar-refractivity contribution < 1.29 is 8.95 Å². The molecule has 0 saturated carbocycles. The van der Waals surface area contributed by atoms with Crippen LogP contribution in [-0.4, -0.2) is 36.3 Å². The van der Waals surface area contributed by atoms with Gasteiger partial charge in [-0.2, -0.15) is 0 Å². The summed E-state index contributed by atoms with van der Waals surface area (Å²) in [6.07, 6.45) is 1.08. The second kappa shape index (κ2) is 7.17. The van der Waals surface area contributed by atoms with Crippen molar-refractivity contribution in [1.29, 1.82) is 0 Å². The van der Waals surface area contributed by atoms with Gasteiger partial charge in [0.25, 0.3) is 0 Å². The van der Waals surface area contributed by atoms with Crippen molar-refractivity contribution in [2.24, 2.45) is 5.92 Å². The lowest BCUT2D eigenvalue weighted by Crippen LogP contribution is -2.38. The minimum Gasteiger partial charge on any atom is -0.381 e. The van der Waals surface area contributed by atoms with Crippen LogP contribution in [0.25, 0.3) is 0 Å². The Balaban J connectivity index is 1.89. The smallest absolute Gasteiger partial charge is 0.0510 e. The van der Waals surface area contributed by atoms with E-state index in [9.17, 15) is 4.21 Å². The number of aryl methyl sites for hydroxylation is 1. The van der Waals surface area contributed by atoms with E-state index in [0.29, 0.717) is 23.5 Å². The zero-order valence-corrected chi connectivity index (χ0v) is 12.5. The highest BCUT2D eigenvalue weighted by atomic mass is 32.2. The summed E-state index contributed by atoms with van der Waals surface area (Å²) < 4.78 is 17.7. The van der Waals surface area contributed by atoms with Gasteiger partial charge in [0.15, 0.2) is 0 Å². The molecule has 1 fully saturated rings. The molecule has 1 aromatic carbocycles. The average Bonchev–Trinajstić information content (AvgIpc) is 2.89. The van der Waals surface area contributed by atoms with E-state index in [1.807, 2.05) is 13.1 Å². The van der Waals surface area contributed by atoms with Crippen LogP contribution in [0.15, 0.2) is 24.3 Å². The molecule has 0 aliphatic carbocycles. The molecular weight excluding hydrogens is 258 g/mol. The molecule has 1 aliphatic rings. The Morgan fingerprint density at radius 3 is 3.00 bits per heavy atom. The highest BCUT2D eigenvalue weighted by molar-refractivity contribution is 7.84. The zero-order valence-electron chi connectivity index (χ0n) is 11.7. The van der Waals surface area contributed by atoms with Gasteiger partial charge >= 0.3 is 0 Å². The number of hydrogen-bond donors (Lipinski definition) is 1. The van der Waals surface area contributed by atoms with E-state index in [1.54, 1.807) is 0 Å². The van der Waals surface area contributed by atoms with E-state index >= 15 is 0 Å². The van der Waals surface area contributed by atoms with Crippen LogP contribution in [0.3, 0.4) is 0 Å². The highest BCUT2D eigenvalue weighted by Gasteiger charge is 2.25. The van der Waals surface area contributed by atoms with Gasteiger partial charge in [-0.3, -0.25) is 4.21 Å². The van der Waals surface area contributed by atoms with Gasteiger partial charge in [-0.05, 0) is 26.0 Å². The Labute approximate surface area is 118 Å². The molecule has 1 aliphatic heterocycles. The van der Waals surface area contributed by atoms with Crippen LogP contribution >= 0.6 is 0 Å². The van der Waals surface area contributed by atoms with Crippen LogP contribution in [0.2, 0.25) is 0 Å². The summed E-state index contributed by atoms with van der Waals surface area (Å²) in [5, 5.41) is 3.30. The topological polar surface area (TPSA) is 38.3 Å². The highest BCUT2D eigenvalue weighted by Crippen LogP contribution is 2.18. The summed E-state index contributed by atoms with van der Waals surface area (Å²) in [4.78, 5) is 0. The summed E-state index contributed by atoms with van der Waals surface area (Å²) >= 11 is 0. The van der Waals surface area contributed by atoms with E-state index in [0.717, 1.165) is 25.2 Å². The lowest BCUT2D eigenvalue weighted by molar-refractivity contribution is 0.179. The van der Waals surface area contributed by atoms with Crippen LogP contribution in [0.4, 0.5) is 0 Å². The average molecular weight is 281 g/mol. The Bertz CT molecular complexity index is 430. The molecule has 1 heterocycles. The molecule has 1 N–H and O–H groups in total. The Morgan fingerprint density at radius 2 is 2.37 bits per heavy atom. The van der Waals surface area contributed by atoms with Gasteiger partial charge in [0.05, 0.1) is 6.61 Å². The number of nitrogens with one attached hydrogen (secondary N) is 1. The minimum atomic E-state index is -0.823. The maximum Gasteiger partial charge on any atom is 0.0510 e. The fourth-order valence-corrected chi connectivity index (χ4v) is 4.08. The van der Waals surface area contributed by atoms with Crippen LogP contribution < -0.4 is 5.32 Å². The SMILES string of the molecule is CNC(CS(=O)Cc1cccc(C)c1)C1CCOC1. The van der Waals surface area contributed by atoms with Crippen molar-refractivity contribution in [2.45, 2.75) is 25.1 Å². The van der Waals surface area contributed by atoms with Crippen molar-refractivity contribution in [3.8, 4) is 0 Å². The number of ether oxygens (including phenoxy) is 1. The normalized spacial score (nSPS) is 22.3. The number of rotatable bonds is 6. The van der Waals surface area contributed by atoms with Gasteiger partial charge in [-0.1, -0.05) is 29.8 Å². The summed E-state index contributed by atoms with van der Waals surface area (Å²) in [6, 6.07) is 8.57. The van der Waals surface area contributed by atoms with Crippen LogP contribution in [-0.2, 0) is 21.3 Å². The summed E-state index contributed by atoms with van der Waals surface area (Å²) in [5.74, 6) is 1.86. The summed E-state index contributed by atoms with van der Waals surface area (Å²) in [7, 11) is 1.13. The van der Waals surface area contributed by atoms with Crippen molar-refractivity contribution in [1.82, 2.24) is 5.32 Å². The zero-order chi connectivity index (χ0) is 13.7. The summed E-state index contributed by atoms with van der Waals surface area (Å²) in [5.41, 5.74) is 2.39. The van der Waals surface area contributed by atoms with Gasteiger partial charge in [0, 0.05) is 40.9 Å². The first kappa shape index (κ1) is 14.7. The van der Waals surface area contributed by atoms with Gasteiger partial charge in [0.1, 0.15) is 0 Å². The molecule has 3 unspecified atom stereocenters. The number of hydrogen-bond acceptors (Lipinski definition) is 3. The lowest BCUT2D eigenvalue weighted by Gasteiger charge is -2.21. The molecule has 4 heteroatoms.